The molecule has 1 aliphatic heterocycles. The maximum absolute atomic E-state index is 12.0. The number of methoxy groups -OCH3 is 1. The standard InChI is InChI=1S/C14H20N2O4/c1-18-8-9-20-12-4-2-11(3-5-12)16-14(17)13-10-19-7-6-15-13/h2-5,13,15H,6-10H2,1H3,(H,16,17). The third kappa shape index (κ3) is 4.48. The van der Waals surface area contributed by atoms with E-state index >= 15 is 0 Å². The molecule has 0 aliphatic carbocycles. The fourth-order valence-electron chi connectivity index (χ4n) is 1.84. The molecule has 2 N–H and O–H groups in total. The average molecular weight is 280 g/mol. The van der Waals surface area contributed by atoms with Crippen LogP contribution in [0.5, 0.6) is 5.75 Å². The number of ether oxygens (including phenoxy) is 3. The first-order valence-electron chi connectivity index (χ1n) is 6.63. The number of hydrogen-bond donors (Lipinski definition) is 2. The highest BCUT2D eigenvalue weighted by Gasteiger charge is 2.20. The Balaban J connectivity index is 1.81. The van der Waals surface area contributed by atoms with E-state index in [1.807, 2.05) is 24.3 Å². The van der Waals surface area contributed by atoms with E-state index in [1.165, 1.54) is 0 Å². The fourth-order valence-corrected chi connectivity index (χ4v) is 1.84. The molecule has 1 aliphatic rings. The van der Waals surface area contributed by atoms with E-state index in [1.54, 1.807) is 7.11 Å². The van der Waals surface area contributed by atoms with E-state index in [0.717, 1.165) is 11.4 Å². The van der Waals surface area contributed by atoms with Crippen LogP contribution in [0.4, 0.5) is 5.69 Å². The number of morpholine rings is 1. The van der Waals surface area contributed by atoms with Crippen molar-refractivity contribution in [3.63, 3.8) is 0 Å². The number of carbonyl (C=O) groups is 1. The number of carbonyl (C=O) groups excluding carboxylic acids is 1. The number of nitrogens with one attached hydrogen (secondary N) is 2. The van der Waals surface area contributed by atoms with Gasteiger partial charge in [-0.05, 0) is 24.3 Å². The minimum Gasteiger partial charge on any atom is -0.491 e. The molecule has 1 heterocycles. The van der Waals surface area contributed by atoms with Gasteiger partial charge in [-0.25, -0.2) is 0 Å². The van der Waals surface area contributed by atoms with Gasteiger partial charge in [0.05, 0.1) is 19.8 Å². The van der Waals surface area contributed by atoms with E-state index in [-0.39, 0.29) is 11.9 Å². The molecule has 1 unspecified atom stereocenters. The Bertz CT molecular complexity index is 416. The molecule has 1 saturated heterocycles. The van der Waals surface area contributed by atoms with Gasteiger partial charge in [-0.2, -0.15) is 0 Å². The summed E-state index contributed by atoms with van der Waals surface area (Å²) in [4.78, 5) is 12.0. The quantitative estimate of drug-likeness (QED) is 0.748. The van der Waals surface area contributed by atoms with Crippen molar-refractivity contribution in [2.24, 2.45) is 0 Å². The molecule has 0 aromatic heterocycles. The van der Waals surface area contributed by atoms with Crippen molar-refractivity contribution in [3.8, 4) is 5.75 Å². The molecule has 0 saturated carbocycles. The van der Waals surface area contributed by atoms with Crippen LogP contribution in [0, 0.1) is 0 Å². The Labute approximate surface area is 118 Å². The minimum atomic E-state index is -0.290. The van der Waals surface area contributed by atoms with E-state index < -0.39 is 0 Å². The van der Waals surface area contributed by atoms with Crippen LogP contribution in [-0.4, -0.2) is 52.0 Å². The average Bonchev–Trinajstić information content (AvgIpc) is 2.50. The molecule has 0 bridgehead atoms. The maximum Gasteiger partial charge on any atom is 0.243 e. The largest absolute Gasteiger partial charge is 0.491 e. The van der Waals surface area contributed by atoms with Crippen LogP contribution in [0.1, 0.15) is 0 Å². The van der Waals surface area contributed by atoms with Crippen LogP contribution >= 0.6 is 0 Å². The summed E-state index contributed by atoms with van der Waals surface area (Å²) < 4.78 is 15.6. The maximum atomic E-state index is 12.0. The van der Waals surface area contributed by atoms with Gasteiger partial charge in [0.2, 0.25) is 5.91 Å². The first kappa shape index (κ1) is 14.8. The first-order chi connectivity index (χ1) is 9.79. The number of hydrogen-bond acceptors (Lipinski definition) is 5. The van der Waals surface area contributed by atoms with Crippen molar-refractivity contribution in [3.05, 3.63) is 24.3 Å². The molecule has 0 radical (unpaired) electrons. The Hall–Kier alpha value is -1.63. The van der Waals surface area contributed by atoms with E-state index in [0.29, 0.717) is 33.0 Å². The summed E-state index contributed by atoms with van der Waals surface area (Å²) >= 11 is 0. The zero-order chi connectivity index (χ0) is 14.2. The van der Waals surface area contributed by atoms with E-state index in [4.69, 9.17) is 14.2 Å². The highest BCUT2D eigenvalue weighted by Crippen LogP contribution is 2.16. The van der Waals surface area contributed by atoms with Crippen molar-refractivity contribution in [1.82, 2.24) is 5.32 Å². The predicted octanol–water partition coefficient (Wildman–Crippen LogP) is 0.639. The minimum absolute atomic E-state index is 0.0854. The molecule has 6 heteroatoms. The van der Waals surface area contributed by atoms with Crippen LogP contribution in [0.2, 0.25) is 0 Å². The molecular weight excluding hydrogens is 260 g/mol. The number of rotatable bonds is 6. The second kappa shape index (κ2) is 7.84. The first-order valence-corrected chi connectivity index (χ1v) is 6.63. The Kier molecular flexibility index (Phi) is 5.79. The van der Waals surface area contributed by atoms with Crippen LogP contribution in [0.25, 0.3) is 0 Å². The van der Waals surface area contributed by atoms with Gasteiger partial charge in [-0.3, -0.25) is 4.79 Å². The van der Waals surface area contributed by atoms with Gasteiger partial charge in [-0.15, -0.1) is 0 Å². The Morgan fingerprint density at radius 1 is 1.40 bits per heavy atom. The molecular formula is C14H20N2O4. The van der Waals surface area contributed by atoms with Crippen molar-refractivity contribution >= 4 is 11.6 Å². The van der Waals surface area contributed by atoms with Crippen LogP contribution in [0.15, 0.2) is 24.3 Å². The lowest BCUT2D eigenvalue weighted by Crippen LogP contribution is -2.48. The second-order valence-electron chi connectivity index (χ2n) is 4.44. The van der Waals surface area contributed by atoms with Gasteiger partial charge < -0.3 is 24.8 Å². The second-order valence-corrected chi connectivity index (χ2v) is 4.44. The van der Waals surface area contributed by atoms with Gasteiger partial charge in [0.25, 0.3) is 0 Å². The van der Waals surface area contributed by atoms with Gasteiger partial charge in [0.15, 0.2) is 0 Å². The van der Waals surface area contributed by atoms with Crippen molar-refractivity contribution < 1.29 is 19.0 Å². The van der Waals surface area contributed by atoms with Gasteiger partial charge in [0, 0.05) is 19.3 Å². The molecule has 0 spiro atoms. The zero-order valence-corrected chi connectivity index (χ0v) is 11.6. The molecule has 1 aromatic carbocycles. The van der Waals surface area contributed by atoms with Crippen molar-refractivity contribution in [2.45, 2.75) is 6.04 Å². The topological polar surface area (TPSA) is 68.8 Å². The smallest absolute Gasteiger partial charge is 0.243 e. The molecule has 1 fully saturated rings. The lowest BCUT2D eigenvalue weighted by molar-refractivity contribution is -0.120. The molecule has 1 atom stereocenters. The Morgan fingerprint density at radius 3 is 2.85 bits per heavy atom. The lowest BCUT2D eigenvalue weighted by atomic mass is 10.2. The summed E-state index contributed by atoms with van der Waals surface area (Å²) in [7, 11) is 1.63. The summed E-state index contributed by atoms with van der Waals surface area (Å²) in [5, 5.41) is 5.95. The van der Waals surface area contributed by atoms with Crippen molar-refractivity contribution in [1.29, 1.82) is 0 Å². The predicted molar refractivity (Wildman–Crippen MR) is 75.1 cm³/mol. The highest BCUT2D eigenvalue weighted by atomic mass is 16.5. The molecule has 2 rings (SSSR count). The summed E-state index contributed by atoms with van der Waals surface area (Å²) in [6.07, 6.45) is 0. The number of anilines is 1. The van der Waals surface area contributed by atoms with Crippen LogP contribution < -0.4 is 15.4 Å². The molecule has 1 aromatic rings. The van der Waals surface area contributed by atoms with E-state index in [2.05, 4.69) is 10.6 Å². The highest BCUT2D eigenvalue weighted by molar-refractivity contribution is 5.95. The number of amides is 1. The SMILES string of the molecule is COCCOc1ccc(NC(=O)C2COCCN2)cc1. The van der Waals surface area contributed by atoms with Gasteiger partial charge in [0.1, 0.15) is 18.4 Å². The number of benzene rings is 1. The monoisotopic (exact) mass is 280 g/mol. The summed E-state index contributed by atoms with van der Waals surface area (Å²) in [6, 6.07) is 6.96. The summed E-state index contributed by atoms with van der Waals surface area (Å²) in [5.74, 6) is 0.664. The molecule has 110 valence electrons. The Morgan fingerprint density at radius 2 is 2.20 bits per heavy atom. The lowest BCUT2D eigenvalue weighted by Gasteiger charge is -2.22. The zero-order valence-electron chi connectivity index (χ0n) is 11.6. The summed E-state index contributed by atoms with van der Waals surface area (Å²) in [6.45, 7) is 2.81. The fraction of sp³-hybridized carbons (Fsp3) is 0.500. The van der Waals surface area contributed by atoms with Gasteiger partial charge in [-0.1, -0.05) is 0 Å². The third-order valence-electron chi connectivity index (χ3n) is 2.92. The normalized spacial score (nSPS) is 18.6. The van der Waals surface area contributed by atoms with Gasteiger partial charge >= 0.3 is 0 Å². The van der Waals surface area contributed by atoms with E-state index in [9.17, 15) is 4.79 Å². The third-order valence-corrected chi connectivity index (χ3v) is 2.92. The molecule has 1 amide bonds. The van der Waals surface area contributed by atoms with Crippen molar-refractivity contribution in [2.75, 3.05) is 45.4 Å². The molecule has 6 nitrogen and oxygen atoms in total. The van der Waals surface area contributed by atoms with Crippen LogP contribution in [0.3, 0.4) is 0 Å². The van der Waals surface area contributed by atoms with Crippen LogP contribution in [-0.2, 0) is 14.3 Å². The molecule has 20 heavy (non-hydrogen) atoms. The summed E-state index contributed by atoms with van der Waals surface area (Å²) in [5.41, 5.74) is 0.737.